The number of thioether (sulfide) groups is 1. The van der Waals surface area contributed by atoms with E-state index in [9.17, 15) is 18.0 Å². The summed E-state index contributed by atoms with van der Waals surface area (Å²) in [5, 5.41) is 12.9. The van der Waals surface area contributed by atoms with Crippen molar-refractivity contribution in [3.05, 3.63) is 115 Å². The molecule has 0 bridgehead atoms. The quantitative estimate of drug-likeness (QED) is 0.224. The molecular formula is C27H24N4O4S2. The number of benzene rings is 4. The van der Waals surface area contributed by atoms with Crippen LogP contribution in [0.15, 0.2) is 119 Å². The highest BCUT2D eigenvalue weighted by Gasteiger charge is 2.22. The highest BCUT2D eigenvalue weighted by molar-refractivity contribution is 8.00. The third kappa shape index (κ3) is 7.43. The Kier molecular flexibility index (Phi) is 8.24. The fourth-order valence-corrected chi connectivity index (χ4v) is 4.94. The van der Waals surface area contributed by atoms with E-state index in [1.807, 2.05) is 60.7 Å². The summed E-state index contributed by atoms with van der Waals surface area (Å²) >= 11 is 1.35. The van der Waals surface area contributed by atoms with Gasteiger partial charge in [0, 0.05) is 22.0 Å². The molecular weight excluding hydrogens is 508 g/mol. The molecule has 188 valence electrons. The maximum atomic E-state index is 13.2. The van der Waals surface area contributed by atoms with Gasteiger partial charge in [0.05, 0.1) is 4.90 Å². The fraction of sp³-hybridized carbons (Fsp3) is 0.0370. The third-order valence-electron chi connectivity index (χ3n) is 5.19. The molecule has 0 fully saturated rings. The molecule has 5 N–H and O–H groups in total. The number of anilines is 3. The lowest BCUT2D eigenvalue weighted by atomic mass is 10.1. The van der Waals surface area contributed by atoms with Crippen molar-refractivity contribution in [1.82, 2.24) is 0 Å². The van der Waals surface area contributed by atoms with Crippen molar-refractivity contribution < 1.29 is 18.0 Å². The van der Waals surface area contributed by atoms with Gasteiger partial charge in [-0.1, -0.05) is 48.5 Å². The van der Waals surface area contributed by atoms with Gasteiger partial charge in [-0.15, -0.1) is 11.8 Å². The zero-order chi connectivity index (χ0) is 26.3. The maximum absolute atomic E-state index is 13.2. The summed E-state index contributed by atoms with van der Waals surface area (Å²) in [4.78, 5) is 26.3. The second-order valence-corrected chi connectivity index (χ2v) is 10.7. The molecule has 37 heavy (non-hydrogen) atoms. The molecule has 0 aliphatic rings. The van der Waals surface area contributed by atoms with Crippen LogP contribution in [0.3, 0.4) is 0 Å². The SMILES string of the molecule is NS(=O)(=O)c1ccc(NC(=O)C(Sc2ccc(NC(=O)Nc3ccccc3)cc2)c2ccccc2)cc1. The Morgan fingerprint density at radius 3 is 1.70 bits per heavy atom. The van der Waals surface area contributed by atoms with Crippen molar-refractivity contribution in [2.75, 3.05) is 16.0 Å². The largest absolute Gasteiger partial charge is 0.325 e. The number of hydrogen-bond acceptors (Lipinski definition) is 5. The second-order valence-electron chi connectivity index (χ2n) is 7.94. The van der Waals surface area contributed by atoms with Crippen LogP contribution in [0.25, 0.3) is 0 Å². The molecule has 0 heterocycles. The number of rotatable bonds is 8. The molecule has 1 atom stereocenters. The first kappa shape index (κ1) is 26.0. The van der Waals surface area contributed by atoms with Crippen LogP contribution >= 0.6 is 11.8 Å². The van der Waals surface area contributed by atoms with Crippen LogP contribution in [-0.4, -0.2) is 20.4 Å². The minimum atomic E-state index is -3.82. The predicted octanol–water partition coefficient (Wildman–Crippen LogP) is 5.45. The Balaban J connectivity index is 1.45. The minimum absolute atomic E-state index is 0.0365. The van der Waals surface area contributed by atoms with Crippen molar-refractivity contribution in [2.24, 2.45) is 5.14 Å². The van der Waals surface area contributed by atoms with E-state index in [0.717, 1.165) is 10.5 Å². The van der Waals surface area contributed by atoms with Crippen LogP contribution < -0.4 is 21.1 Å². The standard InChI is InChI=1S/C27H24N4O4S2/c28-37(34,35)24-17-13-21(14-18-24)29-26(32)25(19-7-3-1-4-8-19)36-23-15-11-22(12-16-23)31-27(33)30-20-9-5-2-6-10-20/h1-18,25H,(H,29,32)(H2,28,34,35)(H2,30,31,33). The molecule has 0 saturated carbocycles. The van der Waals surface area contributed by atoms with Crippen LogP contribution in [0.4, 0.5) is 21.9 Å². The van der Waals surface area contributed by atoms with Crippen molar-refractivity contribution in [1.29, 1.82) is 0 Å². The van der Waals surface area contributed by atoms with Crippen LogP contribution in [0.2, 0.25) is 0 Å². The number of nitrogens with one attached hydrogen (secondary N) is 3. The number of hydrogen-bond donors (Lipinski definition) is 4. The van der Waals surface area contributed by atoms with E-state index in [2.05, 4.69) is 16.0 Å². The minimum Gasteiger partial charge on any atom is -0.325 e. The summed E-state index contributed by atoms with van der Waals surface area (Å²) in [6.07, 6.45) is 0. The van der Waals surface area contributed by atoms with Crippen molar-refractivity contribution in [3.8, 4) is 0 Å². The molecule has 8 nitrogen and oxygen atoms in total. The van der Waals surface area contributed by atoms with E-state index in [1.165, 1.54) is 36.0 Å². The lowest BCUT2D eigenvalue weighted by molar-refractivity contribution is -0.115. The van der Waals surface area contributed by atoms with Gasteiger partial charge in [-0.3, -0.25) is 4.79 Å². The van der Waals surface area contributed by atoms with Gasteiger partial charge >= 0.3 is 6.03 Å². The van der Waals surface area contributed by atoms with Gasteiger partial charge in [0.15, 0.2) is 0 Å². The highest BCUT2D eigenvalue weighted by atomic mass is 32.2. The summed E-state index contributed by atoms with van der Waals surface area (Å²) in [5.41, 5.74) is 2.54. The van der Waals surface area contributed by atoms with Gasteiger partial charge in [-0.25, -0.2) is 18.4 Å². The van der Waals surface area contributed by atoms with E-state index >= 15 is 0 Å². The van der Waals surface area contributed by atoms with E-state index in [1.54, 1.807) is 24.3 Å². The molecule has 0 saturated heterocycles. The smallest absolute Gasteiger partial charge is 0.323 e. The molecule has 3 amide bonds. The summed E-state index contributed by atoms with van der Waals surface area (Å²) in [7, 11) is -3.82. The molecule has 10 heteroatoms. The van der Waals surface area contributed by atoms with Crippen molar-refractivity contribution in [2.45, 2.75) is 15.0 Å². The number of primary sulfonamides is 1. The first-order chi connectivity index (χ1) is 17.8. The number of para-hydroxylation sites is 1. The van der Waals surface area contributed by atoms with Gasteiger partial charge in [0.25, 0.3) is 0 Å². The number of sulfonamides is 1. The first-order valence-electron chi connectivity index (χ1n) is 11.2. The summed E-state index contributed by atoms with van der Waals surface area (Å²) in [6.45, 7) is 0. The average Bonchev–Trinajstić information content (AvgIpc) is 2.89. The lowest BCUT2D eigenvalue weighted by Gasteiger charge is -2.17. The summed E-state index contributed by atoms with van der Waals surface area (Å²) in [6, 6.07) is 30.9. The molecule has 0 radical (unpaired) electrons. The second kappa shape index (κ2) is 11.7. The van der Waals surface area contributed by atoms with E-state index < -0.39 is 15.3 Å². The van der Waals surface area contributed by atoms with Crippen molar-refractivity contribution in [3.63, 3.8) is 0 Å². The number of urea groups is 1. The number of carbonyl (C=O) groups is 2. The Morgan fingerprint density at radius 1 is 0.649 bits per heavy atom. The van der Waals surface area contributed by atoms with E-state index in [-0.39, 0.29) is 16.8 Å². The van der Waals surface area contributed by atoms with Gasteiger partial charge in [-0.2, -0.15) is 0 Å². The third-order valence-corrected chi connectivity index (χ3v) is 7.38. The number of carbonyl (C=O) groups excluding carboxylic acids is 2. The summed E-state index contributed by atoms with van der Waals surface area (Å²) < 4.78 is 23.0. The number of nitrogens with two attached hydrogens (primary N) is 1. The molecule has 0 spiro atoms. The molecule has 0 aliphatic heterocycles. The van der Waals surface area contributed by atoms with Crippen LogP contribution in [-0.2, 0) is 14.8 Å². The van der Waals surface area contributed by atoms with Crippen LogP contribution in [0.1, 0.15) is 10.8 Å². The van der Waals surface area contributed by atoms with E-state index in [0.29, 0.717) is 17.1 Å². The molecule has 4 aromatic carbocycles. The Morgan fingerprint density at radius 2 is 1.14 bits per heavy atom. The lowest BCUT2D eigenvalue weighted by Crippen LogP contribution is -2.19. The van der Waals surface area contributed by atoms with Crippen LogP contribution in [0.5, 0.6) is 0 Å². The zero-order valence-corrected chi connectivity index (χ0v) is 21.1. The van der Waals surface area contributed by atoms with Crippen LogP contribution in [0, 0.1) is 0 Å². The van der Waals surface area contributed by atoms with Gasteiger partial charge in [-0.05, 0) is 66.2 Å². The topological polar surface area (TPSA) is 130 Å². The summed E-state index contributed by atoms with van der Waals surface area (Å²) in [5.74, 6) is -0.274. The fourth-order valence-electron chi connectivity index (χ4n) is 3.40. The molecule has 1 unspecified atom stereocenters. The maximum Gasteiger partial charge on any atom is 0.323 e. The van der Waals surface area contributed by atoms with Gasteiger partial charge < -0.3 is 16.0 Å². The molecule has 0 aliphatic carbocycles. The molecule has 4 aromatic rings. The van der Waals surface area contributed by atoms with Gasteiger partial charge in [0.1, 0.15) is 5.25 Å². The highest BCUT2D eigenvalue weighted by Crippen LogP contribution is 2.36. The zero-order valence-electron chi connectivity index (χ0n) is 19.5. The monoisotopic (exact) mass is 532 g/mol. The Bertz CT molecular complexity index is 1460. The first-order valence-corrected chi connectivity index (χ1v) is 13.6. The Labute approximate surface area is 219 Å². The normalized spacial score (nSPS) is 11.8. The molecule has 0 aromatic heterocycles. The van der Waals surface area contributed by atoms with Crippen molar-refractivity contribution >= 4 is 50.8 Å². The van der Waals surface area contributed by atoms with E-state index in [4.69, 9.17) is 5.14 Å². The Hall–Kier alpha value is -4.12. The molecule has 4 rings (SSSR count). The number of amides is 3. The van der Waals surface area contributed by atoms with Gasteiger partial charge in [0.2, 0.25) is 15.9 Å². The average molecular weight is 533 g/mol. The predicted molar refractivity (Wildman–Crippen MR) is 147 cm³/mol.